The van der Waals surface area contributed by atoms with Crippen molar-refractivity contribution in [3.05, 3.63) is 54.2 Å². The van der Waals surface area contributed by atoms with Gasteiger partial charge >= 0.3 is 5.97 Å². The van der Waals surface area contributed by atoms with Crippen molar-refractivity contribution < 1.29 is 9.90 Å². The summed E-state index contributed by atoms with van der Waals surface area (Å²) in [5, 5.41) is 17.2. The van der Waals surface area contributed by atoms with Crippen molar-refractivity contribution in [3.63, 3.8) is 0 Å². The van der Waals surface area contributed by atoms with Gasteiger partial charge in [-0.3, -0.25) is 4.98 Å². The lowest BCUT2D eigenvalue weighted by atomic mass is 10.2. The van der Waals surface area contributed by atoms with Crippen LogP contribution in [0.5, 0.6) is 0 Å². The molecule has 3 aromatic rings. The van der Waals surface area contributed by atoms with Gasteiger partial charge in [0.1, 0.15) is 0 Å². The van der Waals surface area contributed by atoms with Gasteiger partial charge < -0.3 is 10.8 Å². The first kappa shape index (κ1) is 12.8. The van der Waals surface area contributed by atoms with Crippen LogP contribution in [0.25, 0.3) is 17.1 Å². The molecule has 0 unspecified atom stereocenters. The highest BCUT2D eigenvalue weighted by Crippen LogP contribution is 2.24. The van der Waals surface area contributed by atoms with Crippen LogP contribution in [-0.4, -0.2) is 31.1 Å². The zero-order valence-electron chi connectivity index (χ0n) is 10.8. The van der Waals surface area contributed by atoms with Crippen molar-refractivity contribution in [2.75, 3.05) is 5.73 Å². The predicted molar refractivity (Wildman–Crippen MR) is 76.0 cm³/mol. The van der Waals surface area contributed by atoms with Gasteiger partial charge in [-0.15, -0.1) is 5.10 Å². The minimum atomic E-state index is -1.06. The molecule has 0 amide bonds. The highest BCUT2D eigenvalue weighted by Gasteiger charge is 2.18. The molecule has 0 bridgehead atoms. The van der Waals surface area contributed by atoms with E-state index in [4.69, 9.17) is 5.73 Å². The van der Waals surface area contributed by atoms with Gasteiger partial charge in [-0.2, -0.15) is 4.68 Å². The molecule has 0 aliphatic heterocycles. The van der Waals surface area contributed by atoms with E-state index in [-0.39, 0.29) is 11.4 Å². The minimum Gasteiger partial charge on any atom is -0.478 e. The second kappa shape index (κ2) is 5.04. The number of benzene rings is 1. The van der Waals surface area contributed by atoms with E-state index in [1.54, 1.807) is 36.5 Å². The van der Waals surface area contributed by atoms with Crippen LogP contribution in [0.1, 0.15) is 10.4 Å². The number of rotatable bonds is 3. The Morgan fingerprint density at radius 3 is 2.62 bits per heavy atom. The second-order valence-electron chi connectivity index (χ2n) is 4.27. The van der Waals surface area contributed by atoms with E-state index in [2.05, 4.69) is 15.3 Å². The van der Waals surface area contributed by atoms with E-state index >= 15 is 0 Å². The van der Waals surface area contributed by atoms with Crippen LogP contribution in [-0.2, 0) is 0 Å². The van der Waals surface area contributed by atoms with E-state index in [1.165, 1.54) is 10.7 Å². The maximum absolute atomic E-state index is 11.3. The van der Waals surface area contributed by atoms with Crippen molar-refractivity contribution in [1.29, 1.82) is 0 Å². The molecule has 2 aromatic heterocycles. The lowest BCUT2D eigenvalue weighted by Crippen LogP contribution is -2.09. The van der Waals surface area contributed by atoms with E-state index in [1.807, 2.05) is 6.07 Å². The molecule has 0 aliphatic carbocycles. The van der Waals surface area contributed by atoms with Crippen LogP contribution < -0.4 is 5.73 Å². The number of aromatic nitrogens is 4. The Bertz CT molecular complexity index is 798. The summed E-state index contributed by atoms with van der Waals surface area (Å²) in [6, 6.07) is 11.8. The highest BCUT2D eigenvalue weighted by molar-refractivity contribution is 5.92. The molecule has 2 heterocycles. The zero-order valence-corrected chi connectivity index (χ0v) is 10.8. The van der Waals surface area contributed by atoms with Crippen molar-refractivity contribution in [1.82, 2.24) is 20.0 Å². The molecule has 0 fully saturated rings. The monoisotopic (exact) mass is 281 g/mol. The lowest BCUT2D eigenvalue weighted by Gasteiger charge is -2.06. The molecule has 7 heteroatoms. The Labute approximate surface area is 119 Å². The quantitative estimate of drug-likeness (QED) is 0.755. The Kier molecular flexibility index (Phi) is 3.07. The van der Waals surface area contributed by atoms with Crippen molar-refractivity contribution >= 4 is 11.8 Å². The standard InChI is InChI=1S/C14H11N5O2/c15-13-12(10-6-3-4-8-16-10)17-18-19(13)11-7-2-1-5-9(11)14(20)21/h1-8H,15H2,(H,20,21). The number of pyridine rings is 1. The van der Waals surface area contributed by atoms with Crippen molar-refractivity contribution in [3.8, 4) is 17.1 Å². The summed E-state index contributed by atoms with van der Waals surface area (Å²) < 4.78 is 1.30. The molecule has 3 rings (SSSR count). The average molecular weight is 281 g/mol. The lowest BCUT2D eigenvalue weighted by molar-refractivity contribution is 0.0697. The molecule has 0 radical (unpaired) electrons. The van der Waals surface area contributed by atoms with E-state index in [0.717, 1.165) is 0 Å². The molecular weight excluding hydrogens is 270 g/mol. The number of hydrogen-bond donors (Lipinski definition) is 2. The highest BCUT2D eigenvalue weighted by atomic mass is 16.4. The Morgan fingerprint density at radius 1 is 1.14 bits per heavy atom. The number of carboxylic acid groups (broad SMARTS) is 1. The van der Waals surface area contributed by atoms with Crippen LogP contribution in [0.2, 0.25) is 0 Å². The Hall–Kier alpha value is -3.22. The van der Waals surface area contributed by atoms with Crippen molar-refractivity contribution in [2.24, 2.45) is 0 Å². The molecule has 104 valence electrons. The van der Waals surface area contributed by atoms with Gasteiger partial charge in [-0.25, -0.2) is 4.79 Å². The van der Waals surface area contributed by atoms with Gasteiger partial charge in [-0.1, -0.05) is 23.4 Å². The normalized spacial score (nSPS) is 10.5. The second-order valence-corrected chi connectivity index (χ2v) is 4.27. The molecule has 3 N–H and O–H groups in total. The molecule has 0 aliphatic rings. The van der Waals surface area contributed by atoms with Crippen LogP contribution in [0.4, 0.5) is 5.82 Å². The largest absolute Gasteiger partial charge is 0.478 e. The minimum absolute atomic E-state index is 0.0988. The molecule has 21 heavy (non-hydrogen) atoms. The Balaban J connectivity index is 2.14. The fraction of sp³-hybridized carbons (Fsp3) is 0. The van der Waals surface area contributed by atoms with Gasteiger partial charge in [0.05, 0.1) is 16.9 Å². The number of aromatic carboxylic acids is 1. The third-order valence-corrected chi connectivity index (χ3v) is 2.98. The fourth-order valence-electron chi connectivity index (χ4n) is 1.99. The van der Waals surface area contributed by atoms with Crippen LogP contribution >= 0.6 is 0 Å². The maximum atomic E-state index is 11.3. The third-order valence-electron chi connectivity index (χ3n) is 2.98. The number of anilines is 1. The summed E-state index contributed by atoms with van der Waals surface area (Å²) in [6.45, 7) is 0. The fourth-order valence-corrected chi connectivity index (χ4v) is 1.99. The van der Waals surface area contributed by atoms with Crippen molar-refractivity contribution in [2.45, 2.75) is 0 Å². The summed E-state index contributed by atoms with van der Waals surface area (Å²) in [5.74, 6) is -0.817. The number of hydrogen-bond acceptors (Lipinski definition) is 5. The number of nitrogen functional groups attached to an aromatic ring is 1. The van der Waals surface area contributed by atoms with Gasteiger partial charge in [0.15, 0.2) is 11.5 Å². The van der Waals surface area contributed by atoms with E-state index in [9.17, 15) is 9.90 Å². The van der Waals surface area contributed by atoms with E-state index in [0.29, 0.717) is 17.1 Å². The number of nitrogens with zero attached hydrogens (tertiary/aromatic N) is 4. The van der Waals surface area contributed by atoms with Crippen LogP contribution in [0.15, 0.2) is 48.7 Å². The molecular formula is C14H11N5O2. The van der Waals surface area contributed by atoms with Gasteiger partial charge in [0, 0.05) is 6.20 Å². The predicted octanol–water partition coefficient (Wildman–Crippen LogP) is 1.61. The number of carboxylic acids is 1. The van der Waals surface area contributed by atoms with Gasteiger partial charge in [0.2, 0.25) is 0 Å². The topological polar surface area (TPSA) is 107 Å². The van der Waals surface area contributed by atoms with Gasteiger partial charge in [-0.05, 0) is 24.3 Å². The number of nitrogens with two attached hydrogens (primary N) is 1. The smallest absolute Gasteiger partial charge is 0.337 e. The summed E-state index contributed by atoms with van der Waals surface area (Å²) in [6.07, 6.45) is 1.62. The maximum Gasteiger partial charge on any atom is 0.337 e. The molecule has 0 spiro atoms. The summed E-state index contributed by atoms with van der Waals surface area (Å²) in [7, 11) is 0. The first-order chi connectivity index (χ1) is 10.2. The number of carbonyl (C=O) groups is 1. The zero-order chi connectivity index (χ0) is 14.8. The summed E-state index contributed by atoms with van der Waals surface area (Å²) in [5.41, 5.74) is 7.49. The van der Waals surface area contributed by atoms with E-state index < -0.39 is 5.97 Å². The third kappa shape index (κ3) is 2.20. The average Bonchev–Trinajstić information content (AvgIpc) is 2.89. The van der Waals surface area contributed by atoms with Crippen LogP contribution in [0.3, 0.4) is 0 Å². The molecule has 7 nitrogen and oxygen atoms in total. The molecule has 0 saturated carbocycles. The van der Waals surface area contributed by atoms with Crippen LogP contribution in [0, 0.1) is 0 Å². The summed E-state index contributed by atoms with van der Waals surface area (Å²) >= 11 is 0. The van der Waals surface area contributed by atoms with Gasteiger partial charge in [0.25, 0.3) is 0 Å². The first-order valence-corrected chi connectivity index (χ1v) is 6.14. The molecule has 1 aromatic carbocycles. The summed E-state index contributed by atoms with van der Waals surface area (Å²) in [4.78, 5) is 15.4. The first-order valence-electron chi connectivity index (χ1n) is 6.14. The SMILES string of the molecule is Nc1c(-c2ccccn2)nnn1-c1ccccc1C(=O)O. The Morgan fingerprint density at radius 2 is 1.90 bits per heavy atom. The molecule has 0 saturated heterocycles. The number of para-hydroxylation sites is 1. The molecule has 0 atom stereocenters.